The number of carbonyl (C=O) groups excluding carboxylic acids is 3. The van der Waals surface area contributed by atoms with Gasteiger partial charge in [0.1, 0.15) is 29.8 Å². The van der Waals surface area contributed by atoms with Crippen molar-refractivity contribution in [3.8, 4) is 5.75 Å². The van der Waals surface area contributed by atoms with Crippen LogP contribution in [0, 0.1) is 11.3 Å². The van der Waals surface area contributed by atoms with Gasteiger partial charge in [0.05, 0.1) is 29.2 Å². The highest BCUT2D eigenvalue weighted by atomic mass is 32.2. The van der Waals surface area contributed by atoms with Crippen LogP contribution >= 0.6 is 0 Å². The Morgan fingerprint density at radius 2 is 1.55 bits per heavy atom. The number of piperidine rings is 2. The Balaban J connectivity index is 1.15. The van der Waals surface area contributed by atoms with Crippen LogP contribution in [-0.2, 0) is 30.7 Å². The van der Waals surface area contributed by atoms with Crippen LogP contribution in [0.3, 0.4) is 0 Å². The lowest BCUT2D eigenvalue weighted by Crippen LogP contribution is -2.47. The fraction of sp³-hybridized carbons (Fsp3) is 0.615. The average Bonchev–Trinajstić information content (AvgIpc) is 3.67. The molecule has 1 atom stereocenters. The molecule has 55 heavy (non-hydrogen) atoms. The van der Waals surface area contributed by atoms with Crippen LogP contribution < -0.4 is 29.9 Å². The Kier molecular flexibility index (Phi) is 11.5. The van der Waals surface area contributed by atoms with E-state index in [2.05, 4.69) is 20.3 Å². The number of benzene rings is 2. The molecule has 3 aliphatic heterocycles. The first-order valence-electron chi connectivity index (χ1n) is 19.1. The number of nitrogens with one attached hydrogen (secondary N) is 3. The van der Waals surface area contributed by atoms with Crippen LogP contribution in [0.2, 0.25) is 0 Å². The predicted molar refractivity (Wildman–Crippen MR) is 206 cm³/mol. The number of rotatable bonds is 12. The van der Waals surface area contributed by atoms with E-state index in [-0.39, 0.29) is 37.5 Å². The van der Waals surface area contributed by atoms with Crippen molar-refractivity contribution in [2.75, 3.05) is 65.0 Å². The van der Waals surface area contributed by atoms with E-state index in [9.17, 15) is 31.6 Å². The van der Waals surface area contributed by atoms with Crippen LogP contribution in [-0.4, -0.2) is 89.1 Å². The molecule has 3 heterocycles. The van der Waals surface area contributed by atoms with E-state index in [1.54, 1.807) is 52.8 Å². The molecule has 0 aromatic heterocycles. The first kappa shape index (κ1) is 40.3. The molecule has 2 saturated heterocycles. The zero-order valence-electron chi connectivity index (χ0n) is 32.3. The number of hydrogen-bond donors (Lipinski definition) is 3. The topological polar surface area (TPSA) is 156 Å². The molecule has 16 heteroatoms. The molecule has 4 aliphatic rings. The van der Waals surface area contributed by atoms with E-state index < -0.39 is 57.9 Å². The van der Waals surface area contributed by atoms with Crippen molar-refractivity contribution >= 4 is 50.7 Å². The summed E-state index contributed by atoms with van der Waals surface area (Å²) in [4.78, 5) is 43.1. The molecule has 13 nitrogen and oxygen atoms in total. The number of hydrogen-bond acceptors (Lipinski definition) is 10. The molecule has 2 aromatic carbocycles. The maximum atomic E-state index is 14.0. The second-order valence-electron chi connectivity index (χ2n) is 16.6. The number of halogens is 2. The quantitative estimate of drug-likeness (QED) is 0.208. The van der Waals surface area contributed by atoms with Gasteiger partial charge in [-0.1, -0.05) is 13.8 Å². The Hall–Kier alpha value is -4.34. The van der Waals surface area contributed by atoms with Gasteiger partial charge in [0.25, 0.3) is 11.8 Å². The number of sulfonamides is 1. The van der Waals surface area contributed by atoms with Crippen LogP contribution in [0.15, 0.2) is 30.3 Å². The van der Waals surface area contributed by atoms with Gasteiger partial charge in [-0.3, -0.25) is 9.52 Å². The zero-order chi connectivity index (χ0) is 39.8. The summed E-state index contributed by atoms with van der Waals surface area (Å²) in [6.45, 7) is 10.3. The smallest absolute Gasteiger partial charge is 0.408 e. The lowest BCUT2D eigenvalue weighted by atomic mass is 9.93. The summed E-state index contributed by atoms with van der Waals surface area (Å²) in [5.41, 5.74) is 2.86. The Labute approximate surface area is 321 Å². The van der Waals surface area contributed by atoms with Crippen molar-refractivity contribution in [1.29, 1.82) is 0 Å². The number of esters is 1. The highest BCUT2D eigenvalue weighted by Crippen LogP contribution is 2.54. The number of amides is 2. The lowest BCUT2D eigenvalue weighted by molar-refractivity contribution is -0.146. The summed E-state index contributed by atoms with van der Waals surface area (Å²) in [7, 11) is -4.01. The zero-order valence-corrected chi connectivity index (χ0v) is 33.1. The van der Waals surface area contributed by atoms with E-state index in [1.165, 1.54) is 18.9 Å². The molecule has 6 rings (SSSR count). The van der Waals surface area contributed by atoms with Crippen molar-refractivity contribution in [3.63, 3.8) is 0 Å². The van der Waals surface area contributed by atoms with Gasteiger partial charge in [-0.2, -0.15) is 0 Å². The average molecular weight is 790 g/mol. The Bertz CT molecular complexity index is 1880. The van der Waals surface area contributed by atoms with E-state index in [0.29, 0.717) is 59.9 Å². The van der Waals surface area contributed by atoms with E-state index in [0.717, 1.165) is 18.4 Å². The van der Waals surface area contributed by atoms with Gasteiger partial charge in [0.15, 0.2) is 0 Å². The number of fused-ring (bicyclic) bond motifs is 1. The van der Waals surface area contributed by atoms with Crippen LogP contribution in [0.25, 0.3) is 0 Å². The van der Waals surface area contributed by atoms with Crippen LogP contribution in [0.5, 0.6) is 5.75 Å². The van der Waals surface area contributed by atoms with Crippen molar-refractivity contribution in [3.05, 3.63) is 41.5 Å². The monoisotopic (exact) mass is 789 g/mol. The molecule has 302 valence electrons. The summed E-state index contributed by atoms with van der Waals surface area (Å²) in [6.07, 6.45) is 3.64. The van der Waals surface area contributed by atoms with Crippen molar-refractivity contribution < 1.29 is 45.8 Å². The molecule has 0 bridgehead atoms. The molecule has 0 radical (unpaired) electrons. The highest BCUT2D eigenvalue weighted by Gasteiger charge is 2.45. The van der Waals surface area contributed by atoms with E-state index in [4.69, 9.17) is 14.2 Å². The minimum Gasteiger partial charge on any atom is -0.491 e. The summed E-state index contributed by atoms with van der Waals surface area (Å²) in [5, 5.41) is 5.52. The fourth-order valence-electron chi connectivity index (χ4n) is 7.32. The molecule has 0 unspecified atom stereocenters. The molecule has 3 N–H and O–H groups in total. The largest absolute Gasteiger partial charge is 0.491 e. The standard InChI is InChI=1S/C39H53F2N5O8S/c1-25(2)32(43-36(49)54-37(3,4)5)35(48)53-20-21-55(50,51)44-27-6-7-29(30(23-27)45-15-11-38(9-10-38)12-16-45)34(47)42-28-22-26-8-19-52-33(26)31(24-28)46-17-13-39(40,41)14-18-46/h6-7,22-25,32,44H,8-21H2,1-5H3,(H,42,47)(H,43,49)/t32-/m0/s1. The minimum atomic E-state index is -4.01. The summed E-state index contributed by atoms with van der Waals surface area (Å²) in [5.74, 6) is -4.11. The second kappa shape index (κ2) is 15.7. The predicted octanol–water partition coefficient (Wildman–Crippen LogP) is 6.32. The summed E-state index contributed by atoms with van der Waals surface area (Å²) in [6, 6.07) is 7.34. The maximum absolute atomic E-state index is 14.0. The van der Waals surface area contributed by atoms with Crippen molar-refractivity contribution in [2.24, 2.45) is 11.3 Å². The van der Waals surface area contributed by atoms with Gasteiger partial charge in [-0.05, 0) is 88.1 Å². The number of ether oxygens (including phenoxy) is 3. The Morgan fingerprint density at radius 1 is 0.909 bits per heavy atom. The first-order chi connectivity index (χ1) is 25.8. The van der Waals surface area contributed by atoms with Crippen LogP contribution in [0.1, 0.15) is 89.1 Å². The van der Waals surface area contributed by atoms with Crippen molar-refractivity contribution in [2.45, 2.75) is 97.1 Å². The molecular weight excluding hydrogens is 737 g/mol. The Morgan fingerprint density at radius 3 is 2.18 bits per heavy atom. The van der Waals surface area contributed by atoms with Gasteiger partial charge in [0, 0.05) is 56.7 Å². The molecular formula is C39H53F2N5O8S. The second-order valence-corrected chi connectivity index (χ2v) is 18.4. The van der Waals surface area contributed by atoms with E-state index >= 15 is 0 Å². The molecule has 2 aromatic rings. The van der Waals surface area contributed by atoms with Gasteiger partial charge >= 0.3 is 12.1 Å². The molecule has 3 fully saturated rings. The third-order valence-electron chi connectivity index (χ3n) is 10.7. The maximum Gasteiger partial charge on any atom is 0.408 e. The van der Waals surface area contributed by atoms with E-state index in [1.807, 2.05) is 11.0 Å². The first-order valence-corrected chi connectivity index (χ1v) is 20.8. The fourth-order valence-corrected chi connectivity index (χ4v) is 8.21. The normalized spacial score (nSPS) is 19.3. The SMILES string of the molecule is CC(C)[C@H](NC(=O)OC(C)(C)C)C(=O)OCCS(=O)(=O)Nc1ccc(C(=O)Nc2cc3c(c(N4CCC(F)(F)CC4)c2)OCC3)c(N2CCC3(CC2)CC3)c1. The number of alkyl halides is 2. The third-order valence-corrected chi connectivity index (χ3v) is 11.9. The number of nitrogens with zero attached hydrogens (tertiary/aromatic N) is 2. The molecule has 1 spiro atoms. The summed E-state index contributed by atoms with van der Waals surface area (Å²) >= 11 is 0. The highest BCUT2D eigenvalue weighted by molar-refractivity contribution is 7.92. The van der Waals surface area contributed by atoms with Crippen LogP contribution in [0.4, 0.5) is 36.3 Å². The summed E-state index contributed by atoms with van der Waals surface area (Å²) < 4.78 is 73.3. The number of alkyl carbamates (subject to hydrolysis) is 1. The number of anilines is 4. The molecule has 1 saturated carbocycles. The number of carbonyl (C=O) groups is 3. The van der Waals surface area contributed by atoms with Gasteiger partial charge in [-0.25, -0.2) is 26.8 Å². The van der Waals surface area contributed by atoms with Crippen molar-refractivity contribution in [1.82, 2.24) is 5.32 Å². The minimum absolute atomic E-state index is 0.171. The van der Waals surface area contributed by atoms with Gasteiger partial charge in [-0.15, -0.1) is 0 Å². The third kappa shape index (κ3) is 10.3. The lowest BCUT2D eigenvalue weighted by Gasteiger charge is -2.35. The molecule has 2 amide bonds. The van der Waals surface area contributed by atoms with Gasteiger partial charge in [0.2, 0.25) is 10.0 Å². The van der Waals surface area contributed by atoms with Gasteiger partial charge < -0.3 is 34.6 Å². The molecule has 1 aliphatic carbocycles.